The molecule has 1 aliphatic rings. The summed E-state index contributed by atoms with van der Waals surface area (Å²) in [7, 11) is 0. The standard InChI is InChI=1S/C30H34N4O2/c1-3-34(4-2)29(35)24-15-13-22(14-16-24)28(23-17-19-31-20-18-23)25-9-8-12-27(21-25)33-30(36)32-26-10-6-5-7-11-26/h5-16,21,31H,3-4,17-20H2,1-2H3,(H2,32,33,36). The molecule has 36 heavy (non-hydrogen) atoms. The molecular weight excluding hydrogens is 448 g/mol. The highest BCUT2D eigenvalue weighted by atomic mass is 16.2. The summed E-state index contributed by atoms with van der Waals surface area (Å²) in [6.07, 6.45) is 1.92. The second kappa shape index (κ2) is 12.2. The van der Waals surface area contributed by atoms with Gasteiger partial charge in [0.15, 0.2) is 0 Å². The zero-order chi connectivity index (χ0) is 25.3. The first-order chi connectivity index (χ1) is 17.6. The molecule has 0 aliphatic carbocycles. The molecule has 0 unspecified atom stereocenters. The summed E-state index contributed by atoms with van der Waals surface area (Å²) >= 11 is 0. The third-order valence-electron chi connectivity index (χ3n) is 6.47. The molecule has 3 aromatic rings. The van der Waals surface area contributed by atoms with Gasteiger partial charge in [-0.3, -0.25) is 4.79 Å². The Morgan fingerprint density at radius 1 is 0.750 bits per heavy atom. The van der Waals surface area contributed by atoms with Crippen molar-refractivity contribution >= 4 is 28.9 Å². The molecule has 1 saturated heterocycles. The van der Waals surface area contributed by atoms with Gasteiger partial charge in [-0.2, -0.15) is 0 Å². The Hall–Kier alpha value is -3.90. The number of para-hydroxylation sites is 1. The number of nitrogens with zero attached hydrogens (tertiary/aromatic N) is 1. The first-order valence-electron chi connectivity index (χ1n) is 12.6. The molecule has 3 amide bonds. The van der Waals surface area contributed by atoms with Crippen LogP contribution in [-0.2, 0) is 0 Å². The second-order valence-electron chi connectivity index (χ2n) is 8.81. The summed E-state index contributed by atoms with van der Waals surface area (Å²) in [5.41, 5.74) is 6.84. The lowest BCUT2D eigenvalue weighted by Gasteiger charge is -2.22. The summed E-state index contributed by atoms with van der Waals surface area (Å²) < 4.78 is 0. The number of carbonyl (C=O) groups excluding carboxylic acids is 2. The van der Waals surface area contributed by atoms with E-state index in [1.165, 1.54) is 11.1 Å². The van der Waals surface area contributed by atoms with Crippen LogP contribution in [0.4, 0.5) is 16.2 Å². The molecule has 0 atom stereocenters. The largest absolute Gasteiger partial charge is 0.339 e. The zero-order valence-electron chi connectivity index (χ0n) is 21.0. The van der Waals surface area contributed by atoms with E-state index in [9.17, 15) is 9.59 Å². The van der Waals surface area contributed by atoms with Crippen LogP contribution in [0, 0.1) is 0 Å². The van der Waals surface area contributed by atoms with Gasteiger partial charge in [-0.1, -0.05) is 48.0 Å². The number of piperidine rings is 1. The lowest BCUT2D eigenvalue weighted by Crippen LogP contribution is -2.30. The summed E-state index contributed by atoms with van der Waals surface area (Å²) in [5, 5.41) is 9.25. The monoisotopic (exact) mass is 482 g/mol. The minimum Gasteiger partial charge on any atom is -0.339 e. The van der Waals surface area contributed by atoms with Crippen molar-refractivity contribution in [3.8, 4) is 0 Å². The highest BCUT2D eigenvalue weighted by molar-refractivity contribution is 6.00. The van der Waals surface area contributed by atoms with Crippen molar-refractivity contribution < 1.29 is 9.59 Å². The number of hydrogen-bond donors (Lipinski definition) is 3. The molecule has 6 nitrogen and oxygen atoms in total. The Kier molecular flexibility index (Phi) is 8.53. The molecular formula is C30H34N4O2. The average molecular weight is 483 g/mol. The minimum absolute atomic E-state index is 0.0539. The summed E-state index contributed by atoms with van der Waals surface area (Å²) in [6.45, 7) is 7.25. The SMILES string of the molecule is CCN(CC)C(=O)c1ccc(C(=C2CCNCC2)c2cccc(NC(=O)Nc3ccccc3)c2)cc1. The average Bonchev–Trinajstić information content (AvgIpc) is 2.91. The molecule has 186 valence electrons. The topological polar surface area (TPSA) is 73.5 Å². The van der Waals surface area contributed by atoms with E-state index in [0.29, 0.717) is 18.7 Å². The Balaban J connectivity index is 1.61. The molecule has 0 saturated carbocycles. The molecule has 6 heteroatoms. The number of rotatable bonds is 7. The predicted octanol–water partition coefficient (Wildman–Crippen LogP) is 6.00. The van der Waals surface area contributed by atoms with Crippen LogP contribution in [0.3, 0.4) is 0 Å². The van der Waals surface area contributed by atoms with Gasteiger partial charge in [-0.15, -0.1) is 0 Å². The van der Waals surface area contributed by atoms with Gasteiger partial charge < -0.3 is 20.9 Å². The predicted molar refractivity (Wildman–Crippen MR) is 147 cm³/mol. The smallest absolute Gasteiger partial charge is 0.323 e. The van der Waals surface area contributed by atoms with Gasteiger partial charge in [0, 0.05) is 30.0 Å². The van der Waals surface area contributed by atoms with Crippen LogP contribution < -0.4 is 16.0 Å². The van der Waals surface area contributed by atoms with E-state index in [0.717, 1.165) is 48.4 Å². The maximum absolute atomic E-state index is 12.8. The van der Waals surface area contributed by atoms with Crippen LogP contribution in [-0.4, -0.2) is 43.0 Å². The second-order valence-corrected chi connectivity index (χ2v) is 8.81. The van der Waals surface area contributed by atoms with Crippen LogP contribution in [0.25, 0.3) is 5.57 Å². The van der Waals surface area contributed by atoms with Gasteiger partial charge in [0.25, 0.3) is 5.91 Å². The number of nitrogens with one attached hydrogen (secondary N) is 3. The first-order valence-corrected chi connectivity index (χ1v) is 12.6. The minimum atomic E-state index is -0.284. The fourth-order valence-corrected chi connectivity index (χ4v) is 4.59. The Labute approximate surface area is 213 Å². The van der Waals surface area contributed by atoms with Gasteiger partial charge in [0.1, 0.15) is 0 Å². The number of urea groups is 1. The van der Waals surface area contributed by atoms with Crippen molar-refractivity contribution in [3.05, 3.63) is 101 Å². The van der Waals surface area contributed by atoms with Gasteiger partial charge in [-0.05, 0) is 92.9 Å². The molecule has 3 aromatic carbocycles. The van der Waals surface area contributed by atoms with Gasteiger partial charge in [0.2, 0.25) is 0 Å². The summed E-state index contributed by atoms with van der Waals surface area (Å²) in [6, 6.07) is 25.0. The molecule has 4 rings (SSSR count). The maximum Gasteiger partial charge on any atom is 0.323 e. The van der Waals surface area contributed by atoms with E-state index in [4.69, 9.17) is 0 Å². The molecule has 1 aliphatic heterocycles. The quantitative estimate of drug-likeness (QED) is 0.387. The normalized spacial score (nSPS) is 13.1. The zero-order valence-corrected chi connectivity index (χ0v) is 21.0. The Morgan fingerprint density at radius 2 is 1.36 bits per heavy atom. The number of benzene rings is 3. The van der Waals surface area contributed by atoms with Gasteiger partial charge in [-0.25, -0.2) is 4.79 Å². The summed E-state index contributed by atoms with van der Waals surface area (Å²) in [5.74, 6) is 0.0539. The number of carbonyl (C=O) groups is 2. The van der Waals surface area contributed by atoms with Crippen molar-refractivity contribution in [1.29, 1.82) is 0 Å². The van der Waals surface area contributed by atoms with E-state index in [2.05, 4.69) is 22.0 Å². The van der Waals surface area contributed by atoms with E-state index in [1.807, 2.05) is 91.5 Å². The number of hydrogen-bond acceptors (Lipinski definition) is 3. The van der Waals surface area contributed by atoms with Crippen LogP contribution in [0.2, 0.25) is 0 Å². The lowest BCUT2D eigenvalue weighted by atomic mass is 9.88. The van der Waals surface area contributed by atoms with E-state index >= 15 is 0 Å². The van der Waals surface area contributed by atoms with Crippen LogP contribution in [0.1, 0.15) is 48.2 Å². The maximum atomic E-state index is 12.8. The highest BCUT2D eigenvalue weighted by Crippen LogP contribution is 2.32. The third kappa shape index (κ3) is 6.20. The fraction of sp³-hybridized carbons (Fsp3) is 0.267. The Bertz CT molecular complexity index is 1210. The number of anilines is 2. The lowest BCUT2D eigenvalue weighted by molar-refractivity contribution is 0.0773. The van der Waals surface area contributed by atoms with Crippen molar-refractivity contribution in [1.82, 2.24) is 10.2 Å². The van der Waals surface area contributed by atoms with Gasteiger partial charge in [0.05, 0.1) is 0 Å². The van der Waals surface area contributed by atoms with Crippen LogP contribution in [0.5, 0.6) is 0 Å². The molecule has 0 spiro atoms. The molecule has 1 heterocycles. The third-order valence-corrected chi connectivity index (χ3v) is 6.47. The van der Waals surface area contributed by atoms with Crippen LogP contribution in [0.15, 0.2) is 84.4 Å². The summed E-state index contributed by atoms with van der Waals surface area (Å²) in [4.78, 5) is 27.2. The molecule has 0 bridgehead atoms. The van der Waals surface area contributed by atoms with Crippen molar-refractivity contribution in [2.24, 2.45) is 0 Å². The molecule has 0 radical (unpaired) electrons. The van der Waals surface area contributed by atoms with Crippen molar-refractivity contribution in [2.45, 2.75) is 26.7 Å². The van der Waals surface area contributed by atoms with E-state index < -0.39 is 0 Å². The van der Waals surface area contributed by atoms with Crippen molar-refractivity contribution in [3.63, 3.8) is 0 Å². The van der Waals surface area contributed by atoms with Crippen molar-refractivity contribution in [2.75, 3.05) is 36.8 Å². The molecule has 1 fully saturated rings. The molecule has 0 aromatic heterocycles. The fourth-order valence-electron chi connectivity index (χ4n) is 4.59. The van der Waals surface area contributed by atoms with E-state index in [-0.39, 0.29) is 11.9 Å². The van der Waals surface area contributed by atoms with Gasteiger partial charge >= 0.3 is 6.03 Å². The van der Waals surface area contributed by atoms with E-state index in [1.54, 1.807) is 0 Å². The molecule has 3 N–H and O–H groups in total. The van der Waals surface area contributed by atoms with Crippen LogP contribution >= 0.6 is 0 Å². The Morgan fingerprint density at radius 3 is 2.03 bits per heavy atom. The number of amides is 3. The highest BCUT2D eigenvalue weighted by Gasteiger charge is 2.17. The first kappa shape index (κ1) is 25.2.